The first-order valence-electron chi connectivity index (χ1n) is 23.0. The number of benzene rings is 6. The summed E-state index contributed by atoms with van der Waals surface area (Å²) in [6, 6.07) is 44.9. The smallest absolute Gasteiger partial charge is 0.449 e. The lowest BCUT2D eigenvalue weighted by Crippen LogP contribution is -2.10. The number of fused-ring (bicyclic) bond motifs is 2. The predicted octanol–water partition coefficient (Wildman–Crippen LogP) is 18.1. The first-order chi connectivity index (χ1) is 30.8. The van der Waals surface area contributed by atoms with Crippen molar-refractivity contribution in [2.45, 2.75) is 120 Å². The third kappa shape index (κ3) is 13.5. The van der Waals surface area contributed by atoms with Crippen molar-refractivity contribution < 1.29 is 27.4 Å². The van der Waals surface area contributed by atoms with Crippen LogP contribution in [0.25, 0.3) is 0 Å². The lowest BCUT2D eigenvalue weighted by molar-refractivity contribution is 0.364. The molecule has 0 amide bonds. The minimum Gasteiger partial charge on any atom is -0.449 e. The molecule has 0 fully saturated rings. The molecule has 0 radical (unpaired) electrons. The summed E-state index contributed by atoms with van der Waals surface area (Å²) in [5, 5.41) is 0. The molecule has 340 valence electrons. The van der Waals surface area contributed by atoms with Gasteiger partial charge in [0.05, 0.1) is 0 Å². The van der Waals surface area contributed by atoms with E-state index in [0.717, 1.165) is 51.2 Å². The van der Waals surface area contributed by atoms with Crippen molar-refractivity contribution in [1.82, 2.24) is 0 Å². The molecule has 0 aromatic heterocycles. The van der Waals surface area contributed by atoms with Crippen molar-refractivity contribution in [1.29, 1.82) is 0 Å². The van der Waals surface area contributed by atoms with Crippen LogP contribution in [-0.2, 0) is 6.42 Å². The van der Waals surface area contributed by atoms with Crippen LogP contribution in [0.1, 0.15) is 146 Å². The van der Waals surface area contributed by atoms with Gasteiger partial charge >= 0.3 is 8.60 Å². The predicted molar refractivity (Wildman–Crippen MR) is 271 cm³/mol. The highest BCUT2D eigenvalue weighted by Crippen LogP contribution is 2.54. The fourth-order valence-corrected chi connectivity index (χ4v) is 9.95. The summed E-state index contributed by atoms with van der Waals surface area (Å²) >= 11 is 0. The topological polar surface area (TPSA) is 55.4 Å². The molecule has 0 N–H and O–H groups in total. The molecule has 6 aromatic rings. The third-order valence-corrected chi connectivity index (χ3v) is 13.4. The SMILES string of the molecule is CC.CC(C)CP(Oc1ccccc1C(C)C)Oc1cccc2c1Oc1c(cccc1OP(Oc1ccccc1C(C)C)Oc1ccccc1C(C)C)C2.Cc1ccccc1C(C)C. The standard InChI is InChI=1S/C44H50O6P2.C10H14.C2H6/c1-29(2)28-51(46-38-22-12-9-19-35(38)30(3)4)47-41-25-15-17-33-27-34-18-16-26-42(44(34)45-43(33)41)50-52(48-39-23-13-10-20-36(39)31(5)6)49-40-24-14-11-21-37(40)32(7)8;1-8(2)10-7-5-4-6-9(10)3;1-2/h9-26,29-32H,27-28H2,1-8H3;4-8H,1-3H3;1-2H3. The van der Waals surface area contributed by atoms with E-state index >= 15 is 0 Å². The van der Waals surface area contributed by atoms with E-state index in [1.807, 2.05) is 86.6 Å². The Morgan fingerprint density at radius 1 is 0.422 bits per heavy atom. The summed E-state index contributed by atoms with van der Waals surface area (Å²) in [5.74, 6) is 6.67. The van der Waals surface area contributed by atoms with Crippen molar-refractivity contribution in [3.8, 4) is 40.2 Å². The quantitative estimate of drug-likeness (QED) is 0.0901. The second-order valence-corrected chi connectivity index (χ2v) is 19.8. The largest absolute Gasteiger partial charge is 0.530 e. The van der Waals surface area contributed by atoms with Crippen molar-refractivity contribution in [3.05, 3.63) is 172 Å². The van der Waals surface area contributed by atoms with Gasteiger partial charge in [-0.3, -0.25) is 0 Å². The van der Waals surface area contributed by atoms with Gasteiger partial charge in [-0.15, -0.1) is 0 Å². The first-order valence-corrected chi connectivity index (χ1v) is 25.5. The van der Waals surface area contributed by atoms with E-state index < -0.39 is 17.0 Å². The molecule has 0 saturated carbocycles. The van der Waals surface area contributed by atoms with Crippen molar-refractivity contribution in [3.63, 3.8) is 0 Å². The van der Waals surface area contributed by atoms with Gasteiger partial charge in [0.2, 0.25) is 0 Å². The molecule has 7 rings (SSSR count). The lowest BCUT2D eigenvalue weighted by atomic mass is 9.99. The maximum atomic E-state index is 6.79. The molecule has 0 aliphatic carbocycles. The normalized spacial score (nSPS) is 12.1. The van der Waals surface area contributed by atoms with E-state index in [1.165, 1.54) is 11.1 Å². The van der Waals surface area contributed by atoms with Crippen LogP contribution in [0.2, 0.25) is 0 Å². The third-order valence-electron chi connectivity index (χ3n) is 10.6. The summed E-state index contributed by atoms with van der Waals surface area (Å²) < 4.78 is 40.2. The Labute approximate surface area is 387 Å². The number of hydrogen-bond donors (Lipinski definition) is 0. The minimum atomic E-state index is -1.95. The number of ether oxygens (including phenoxy) is 1. The van der Waals surface area contributed by atoms with Crippen molar-refractivity contribution >= 4 is 17.0 Å². The summed E-state index contributed by atoms with van der Waals surface area (Å²) in [4.78, 5) is 0. The van der Waals surface area contributed by atoms with E-state index in [-0.39, 0.29) is 11.8 Å². The second kappa shape index (κ2) is 24.3. The Balaban J connectivity index is 0.000000561. The van der Waals surface area contributed by atoms with Crippen molar-refractivity contribution in [2.24, 2.45) is 5.92 Å². The van der Waals surface area contributed by atoms with Crippen molar-refractivity contribution in [2.75, 3.05) is 6.16 Å². The Morgan fingerprint density at radius 2 is 0.766 bits per heavy atom. The number of hydrogen-bond acceptors (Lipinski definition) is 6. The van der Waals surface area contributed by atoms with Gasteiger partial charge in [0.1, 0.15) is 17.2 Å². The average Bonchev–Trinajstić information content (AvgIpc) is 3.27. The number of rotatable bonds is 16. The summed E-state index contributed by atoms with van der Waals surface area (Å²) in [7, 11) is -3.27. The zero-order valence-electron chi connectivity index (χ0n) is 40.3. The monoisotopic (exact) mass is 900 g/mol. The Hall–Kier alpha value is -5.02. The van der Waals surface area contributed by atoms with Crippen LogP contribution in [0.5, 0.6) is 40.2 Å². The fourth-order valence-electron chi connectivity index (χ4n) is 7.35. The molecule has 1 atom stereocenters. The Bertz CT molecular complexity index is 2320. The van der Waals surface area contributed by atoms with Gasteiger partial charge in [-0.25, -0.2) is 0 Å². The summed E-state index contributed by atoms with van der Waals surface area (Å²) in [6.07, 6.45) is 1.43. The fraction of sp³-hybridized carbons (Fsp3) is 0.357. The highest BCUT2D eigenvalue weighted by molar-refractivity contribution is 7.48. The first kappa shape index (κ1) is 50.0. The molecule has 6 aromatic carbocycles. The van der Waals surface area contributed by atoms with E-state index in [0.29, 0.717) is 47.2 Å². The lowest BCUT2D eigenvalue weighted by Gasteiger charge is -2.27. The Morgan fingerprint density at radius 3 is 1.17 bits per heavy atom. The molecule has 1 aliphatic heterocycles. The van der Waals surface area contributed by atoms with Gasteiger partial charge in [-0.1, -0.05) is 186 Å². The zero-order chi connectivity index (χ0) is 46.3. The van der Waals surface area contributed by atoms with E-state index in [4.69, 9.17) is 27.4 Å². The van der Waals surface area contributed by atoms with Gasteiger partial charge in [0, 0.05) is 23.7 Å². The van der Waals surface area contributed by atoms with Crippen LogP contribution < -0.4 is 27.4 Å². The van der Waals surface area contributed by atoms with Crippen LogP contribution in [0.4, 0.5) is 0 Å². The average molecular weight is 901 g/mol. The molecular weight excluding hydrogens is 831 g/mol. The van der Waals surface area contributed by atoms with Crippen LogP contribution in [0.15, 0.2) is 133 Å². The Kier molecular flexibility index (Phi) is 19.0. The van der Waals surface area contributed by atoms with Crippen LogP contribution >= 0.6 is 17.0 Å². The molecule has 8 heteroatoms. The van der Waals surface area contributed by atoms with E-state index in [1.54, 1.807) is 0 Å². The van der Waals surface area contributed by atoms with Gasteiger partial charge < -0.3 is 27.4 Å². The molecule has 0 saturated heterocycles. The summed E-state index contributed by atoms with van der Waals surface area (Å²) in [5.41, 5.74) is 8.23. The van der Waals surface area contributed by atoms with Gasteiger partial charge in [0.15, 0.2) is 23.0 Å². The van der Waals surface area contributed by atoms with E-state index in [9.17, 15) is 0 Å². The molecule has 0 bridgehead atoms. The van der Waals surface area contributed by atoms with Gasteiger partial charge in [-0.05, 0) is 94.7 Å². The van der Waals surface area contributed by atoms with Gasteiger partial charge in [0.25, 0.3) is 8.38 Å². The van der Waals surface area contributed by atoms with Crippen LogP contribution in [0, 0.1) is 12.8 Å². The molecule has 1 unspecified atom stereocenters. The molecule has 1 heterocycles. The molecule has 6 nitrogen and oxygen atoms in total. The summed E-state index contributed by atoms with van der Waals surface area (Å²) in [6.45, 7) is 28.0. The molecule has 64 heavy (non-hydrogen) atoms. The molecule has 1 aliphatic rings. The highest BCUT2D eigenvalue weighted by atomic mass is 31.2. The van der Waals surface area contributed by atoms with Crippen LogP contribution in [0.3, 0.4) is 0 Å². The molecular formula is C56H70O6P2. The number of para-hydroxylation sites is 5. The van der Waals surface area contributed by atoms with Gasteiger partial charge in [-0.2, -0.15) is 0 Å². The molecule has 0 spiro atoms. The minimum absolute atomic E-state index is 0.253. The van der Waals surface area contributed by atoms with E-state index in [2.05, 4.69) is 137 Å². The van der Waals surface area contributed by atoms with Crippen LogP contribution in [-0.4, -0.2) is 6.16 Å². The second-order valence-electron chi connectivity index (χ2n) is 17.4. The maximum absolute atomic E-state index is 6.79. The maximum Gasteiger partial charge on any atom is 0.530 e. The number of aryl methyl sites for hydroxylation is 1. The highest BCUT2D eigenvalue weighted by Gasteiger charge is 2.30. The zero-order valence-corrected chi connectivity index (χ0v) is 42.1.